The number of amides is 1. The molecular formula is C16H16N4O4S2. The van der Waals surface area contributed by atoms with Gasteiger partial charge < -0.3 is 9.84 Å². The van der Waals surface area contributed by atoms with E-state index in [1.165, 1.54) is 17.4 Å². The van der Waals surface area contributed by atoms with Crippen LogP contribution >= 0.6 is 11.3 Å². The second-order valence-electron chi connectivity index (χ2n) is 5.41. The molecule has 8 nitrogen and oxygen atoms in total. The van der Waals surface area contributed by atoms with Crippen LogP contribution < -0.4 is 10.0 Å². The van der Waals surface area contributed by atoms with E-state index in [2.05, 4.69) is 20.2 Å². The Bertz CT molecular complexity index is 1030. The van der Waals surface area contributed by atoms with Crippen molar-refractivity contribution in [2.24, 2.45) is 0 Å². The molecular weight excluding hydrogens is 376 g/mol. The third-order valence-corrected chi connectivity index (χ3v) is 6.09. The summed E-state index contributed by atoms with van der Waals surface area (Å²) in [7, 11) is -3.85. The molecule has 2 aromatic heterocycles. The lowest BCUT2D eigenvalue weighted by Gasteiger charge is -2.07. The molecule has 3 rings (SSSR count). The van der Waals surface area contributed by atoms with Gasteiger partial charge in [0.2, 0.25) is 27.6 Å². The number of hydrogen-bond donors (Lipinski definition) is 2. The van der Waals surface area contributed by atoms with Crippen molar-refractivity contribution in [1.82, 2.24) is 14.9 Å². The fourth-order valence-electron chi connectivity index (χ4n) is 2.21. The largest absolute Gasteiger partial charge is 0.339 e. The number of carbonyl (C=O) groups excluding carboxylic acids is 1. The molecule has 26 heavy (non-hydrogen) atoms. The topological polar surface area (TPSA) is 114 Å². The van der Waals surface area contributed by atoms with Crippen molar-refractivity contribution in [3.8, 4) is 10.7 Å². The zero-order valence-corrected chi connectivity index (χ0v) is 15.6. The first-order valence-corrected chi connectivity index (χ1v) is 9.91. The maximum atomic E-state index is 12.5. The van der Waals surface area contributed by atoms with E-state index >= 15 is 0 Å². The SMILES string of the molecule is Cc1nc(-c2cc(S(=O)(=O)NCC(=O)Nc3ccccc3)c(C)s2)no1. The van der Waals surface area contributed by atoms with Crippen LogP contribution in [0.4, 0.5) is 5.69 Å². The van der Waals surface area contributed by atoms with Gasteiger partial charge in [0.15, 0.2) is 0 Å². The molecule has 0 radical (unpaired) electrons. The summed E-state index contributed by atoms with van der Waals surface area (Å²) in [4.78, 5) is 17.3. The van der Waals surface area contributed by atoms with Gasteiger partial charge in [-0.1, -0.05) is 23.4 Å². The highest BCUT2D eigenvalue weighted by atomic mass is 32.2. The summed E-state index contributed by atoms with van der Waals surface area (Å²) in [5.74, 6) is 0.270. The highest BCUT2D eigenvalue weighted by Crippen LogP contribution is 2.31. The summed E-state index contributed by atoms with van der Waals surface area (Å²) in [5, 5.41) is 6.41. The third kappa shape index (κ3) is 4.15. The Morgan fingerprint density at radius 1 is 1.23 bits per heavy atom. The quantitative estimate of drug-likeness (QED) is 0.665. The number of rotatable bonds is 6. The summed E-state index contributed by atoms with van der Waals surface area (Å²) in [6, 6.07) is 10.3. The summed E-state index contributed by atoms with van der Waals surface area (Å²) in [5.41, 5.74) is 0.596. The van der Waals surface area contributed by atoms with Crippen LogP contribution in [-0.4, -0.2) is 31.0 Å². The normalized spacial score (nSPS) is 11.5. The van der Waals surface area contributed by atoms with E-state index in [-0.39, 0.29) is 11.4 Å². The van der Waals surface area contributed by atoms with Crippen LogP contribution in [0.15, 0.2) is 45.8 Å². The summed E-state index contributed by atoms with van der Waals surface area (Å²) >= 11 is 1.24. The molecule has 0 saturated heterocycles. The molecule has 0 aliphatic carbocycles. The number of nitrogens with one attached hydrogen (secondary N) is 2. The molecule has 0 spiro atoms. The Morgan fingerprint density at radius 2 is 1.96 bits per heavy atom. The number of anilines is 1. The van der Waals surface area contributed by atoms with Crippen LogP contribution in [0.5, 0.6) is 0 Å². The van der Waals surface area contributed by atoms with Gasteiger partial charge in [-0.2, -0.15) is 4.98 Å². The van der Waals surface area contributed by atoms with Crippen molar-refractivity contribution in [3.63, 3.8) is 0 Å². The predicted octanol–water partition coefficient (Wildman–Crippen LogP) is 2.33. The number of hydrogen-bond acceptors (Lipinski definition) is 7. The number of aryl methyl sites for hydroxylation is 2. The molecule has 1 aromatic carbocycles. The van der Waals surface area contributed by atoms with Gasteiger partial charge in [0.25, 0.3) is 0 Å². The minimum atomic E-state index is -3.85. The van der Waals surface area contributed by atoms with E-state index in [0.717, 1.165) is 0 Å². The van der Waals surface area contributed by atoms with Crippen LogP contribution in [-0.2, 0) is 14.8 Å². The van der Waals surface area contributed by atoms with Crippen molar-refractivity contribution < 1.29 is 17.7 Å². The Labute approximate surface area is 154 Å². The van der Waals surface area contributed by atoms with E-state index in [0.29, 0.717) is 27.2 Å². The maximum absolute atomic E-state index is 12.5. The number of nitrogens with zero attached hydrogens (tertiary/aromatic N) is 2. The van der Waals surface area contributed by atoms with Crippen molar-refractivity contribution in [2.45, 2.75) is 18.7 Å². The van der Waals surface area contributed by atoms with Gasteiger partial charge >= 0.3 is 0 Å². The first kappa shape index (κ1) is 18.2. The molecule has 2 N–H and O–H groups in total. The van der Waals surface area contributed by atoms with Gasteiger partial charge in [0.05, 0.1) is 16.3 Å². The number of benzene rings is 1. The van der Waals surface area contributed by atoms with E-state index < -0.39 is 15.9 Å². The first-order chi connectivity index (χ1) is 12.3. The van der Waals surface area contributed by atoms with Gasteiger partial charge in [-0.25, -0.2) is 13.1 Å². The molecule has 3 aromatic rings. The Kier molecular flexibility index (Phi) is 5.16. The monoisotopic (exact) mass is 392 g/mol. The smallest absolute Gasteiger partial charge is 0.242 e. The van der Waals surface area contributed by atoms with E-state index in [1.807, 2.05) is 6.07 Å². The number of para-hydroxylation sites is 1. The van der Waals surface area contributed by atoms with Gasteiger partial charge in [-0.15, -0.1) is 11.3 Å². The zero-order chi connectivity index (χ0) is 18.7. The van der Waals surface area contributed by atoms with Crippen LogP contribution in [0.2, 0.25) is 0 Å². The molecule has 1 amide bonds. The molecule has 10 heteroatoms. The molecule has 136 valence electrons. The lowest BCUT2D eigenvalue weighted by Crippen LogP contribution is -2.33. The van der Waals surface area contributed by atoms with Crippen molar-refractivity contribution in [3.05, 3.63) is 47.2 Å². The highest BCUT2D eigenvalue weighted by molar-refractivity contribution is 7.89. The fraction of sp³-hybridized carbons (Fsp3) is 0.188. The van der Waals surface area contributed by atoms with Crippen LogP contribution in [0.25, 0.3) is 10.7 Å². The lowest BCUT2D eigenvalue weighted by atomic mass is 10.3. The molecule has 0 aliphatic heterocycles. The molecule has 0 bridgehead atoms. The molecule has 0 saturated carbocycles. The molecule has 0 unspecified atom stereocenters. The predicted molar refractivity (Wildman–Crippen MR) is 97.3 cm³/mol. The van der Waals surface area contributed by atoms with Gasteiger partial charge in [-0.05, 0) is 25.1 Å². The van der Waals surface area contributed by atoms with Crippen molar-refractivity contribution in [2.75, 3.05) is 11.9 Å². The Morgan fingerprint density at radius 3 is 2.62 bits per heavy atom. The van der Waals surface area contributed by atoms with Crippen LogP contribution in [0, 0.1) is 13.8 Å². The Balaban J connectivity index is 1.70. The van der Waals surface area contributed by atoms with Gasteiger partial charge in [0.1, 0.15) is 0 Å². The second kappa shape index (κ2) is 7.36. The number of thiophene rings is 1. The highest BCUT2D eigenvalue weighted by Gasteiger charge is 2.22. The number of sulfonamides is 1. The minimum absolute atomic E-state index is 0.0902. The van der Waals surface area contributed by atoms with E-state index in [1.54, 1.807) is 38.1 Å². The van der Waals surface area contributed by atoms with Crippen molar-refractivity contribution >= 4 is 33.0 Å². The molecule has 0 fully saturated rings. The third-order valence-electron chi connectivity index (χ3n) is 3.39. The fourth-order valence-corrected chi connectivity index (χ4v) is 4.70. The zero-order valence-electron chi connectivity index (χ0n) is 14.0. The summed E-state index contributed by atoms with van der Waals surface area (Å²) < 4.78 is 32.2. The second-order valence-corrected chi connectivity index (χ2v) is 8.40. The van der Waals surface area contributed by atoms with Crippen LogP contribution in [0.3, 0.4) is 0 Å². The number of carbonyl (C=O) groups is 1. The molecule has 0 aliphatic rings. The average molecular weight is 392 g/mol. The van der Waals surface area contributed by atoms with Crippen molar-refractivity contribution in [1.29, 1.82) is 0 Å². The first-order valence-electron chi connectivity index (χ1n) is 7.61. The standard InChI is InChI=1S/C16H16N4O4S2/c1-10-14(8-13(25-10)16-18-11(2)24-20-16)26(22,23)17-9-15(21)19-12-6-4-3-5-7-12/h3-8,17H,9H2,1-2H3,(H,19,21). The molecule has 2 heterocycles. The van der Waals surface area contributed by atoms with E-state index in [4.69, 9.17) is 4.52 Å². The molecule has 0 atom stereocenters. The lowest BCUT2D eigenvalue weighted by molar-refractivity contribution is -0.115. The average Bonchev–Trinajstić information content (AvgIpc) is 3.20. The minimum Gasteiger partial charge on any atom is -0.339 e. The van der Waals surface area contributed by atoms with Gasteiger partial charge in [0, 0.05) is 17.5 Å². The van der Waals surface area contributed by atoms with E-state index in [9.17, 15) is 13.2 Å². The van der Waals surface area contributed by atoms with Gasteiger partial charge in [-0.3, -0.25) is 4.79 Å². The maximum Gasteiger partial charge on any atom is 0.242 e. The number of aromatic nitrogens is 2. The summed E-state index contributed by atoms with van der Waals surface area (Å²) in [6.07, 6.45) is 0. The summed E-state index contributed by atoms with van der Waals surface area (Å²) in [6.45, 7) is 2.96. The Hall–Kier alpha value is -2.56. The van der Waals surface area contributed by atoms with Crippen LogP contribution in [0.1, 0.15) is 10.8 Å².